The minimum Gasteiger partial charge on any atom is -0.506 e. The van der Waals surface area contributed by atoms with Gasteiger partial charge in [0.05, 0.1) is 5.02 Å². The molecule has 2 unspecified atom stereocenters. The molecule has 2 aromatic carbocycles. The van der Waals surface area contributed by atoms with E-state index < -0.39 is 0 Å². The second-order valence-corrected chi connectivity index (χ2v) is 5.68. The average molecular weight is 342 g/mol. The Kier molecular flexibility index (Phi) is 5.06. The summed E-state index contributed by atoms with van der Waals surface area (Å²) in [6.07, 6.45) is 0. The molecular weight excluding hydrogens is 325 g/mol. The van der Waals surface area contributed by atoms with Crippen molar-refractivity contribution in [3.63, 3.8) is 0 Å². The van der Waals surface area contributed by atoms with Gasteiger partial charge in [-0.2, -0.15) is 0 Å². The Morgan fingerprint density at radius 1 is 0.909 bits per heavy atom. The van der Waals surface area contributed by atoms with Crippen LogP contribution >= 0.6 is 24.0 Å². The fourth-order valence-corrected chi connectivity index (χ4v) is 3.22. The first-order valence-electron chi connectivity index (χ1n) is 6.78. The first kappa shape index (κ1) is 16.7. The minimum atomic E-state index is -0.128. The van der Waals surface area contributed by atoms with Gasteiger partial charge in [-0.05, 0) is 29.3 Å². The van der Waals surface area contributed by atoms with Crippen LogP contribution in [0.1, 0.15) is 23.0 Å². The lowest BCUT2D eigenvalue weighted by atomic mass is 9.84. The van der Waals surface area contributed by atoms with Gasteiger partial charge in [-0.3, -0.25) is 0 Å². The molecule has 2 atom stereocenters. The van der Waals surface area contributed by atoms with E-state index in [9.17, 15) is 15.3 Å². The third-order valence-electron chi connectivity index (χ3n) is 4.05. The first-order chi connectivity index (χ1) is 10.1. The number of phenols is 3. The highest BCUT2D eigenvalue weighted by molar-refractivity contribution is 6.32. The van der Waals surface area contributed by atoms with Crippen LogP contribution < -0.4 is 5.32 Å². The highest BCUT2D eigenvalue weighted by Crippen LogP contribution is 2.42. The Balaban J connectivity index is 0.00000176. The summed E-state index contributed by atoms with van der Waals surface area (Å²) in [6, 6.07) is 10.1. The molecule has 2 aromatic rings. The maximum atomic E-state index is 9.77. The molecule has 22 heavy (non-hydrogen) atoms. The molecule has 118 valence electrons. The van der Waals surface area contributed by atoms with Crippen LogP contribution in [-0.4, -0.2) is 28.4 Å². The molecule has 4 nitrogen and oxygen atoms in total. The first-order valence-corrected chi connectivity index (χ1v) is 7.15. The predicted molar refractivity (Wildman–Crippen MR) is 88.5 cm³/mol. The summed E-state index contributed by atoms with van der Waals surface area (Å²) in [5.74, 6) is 0.0505. The molecule has 0 aromatic heterocycles. The van der Waals surface area contributed by atoms with Crippen molar-refractivity contribution < 1.29 is 15.3 Å². The van der Waals surface area contributed by atoms with Gasteiger partial charge in [-0.1, -0.05) is 29.8 Å². The molecule has 6 heteroatoms. The lowest BCUT2D eigenvalue weighted by molar-refractivity contribution is 0.402. The van der Waals surface area contributed by atoms with Crippen LogP contribution in [0.25, 0.3) is 0 Å². The molecule has 0 spiro atoms. The third-order valence-corrected chi connectivity index (χ3v) is 4.46. The van der Waals surface area contributed by atoms with Gasteiger partial charge < -0.3 is 20.6 Å². The number of aromatic hydroxyl groups is 3. The molecule has 0 aliphatic carbocycles. The van der Waals surface area contributed by atoms with Crippen molar-refractivity contribution in [2.45, 2.75) is 11.8 Å². The smallest absolute Gasteiger partial charge is 0.157 e. The van der Waals surface area contributed by atoms with Crippen LogP contribution in [-0.2, 0) is 0 Å². The van der Waals surface area contributed by atoms with Gasteiger partial charge in [0.25, 0.3) is 0 Å². The number of phenolic OH excluding ortho intramolecular Hbond substituents is 3. The maximum Gasteiger partial charge on any atom is 0.157 e. The molecular formula is C16H17Cl2NO3. The normalized spacial score (nSPS) is 20.6. The van der Waals surface area contributed by atoms with Crippen molar-refractivity contribution in [2.24, 2.45) is 0 Å². The number of benzene rings is 2. The zero-order valence-corrected chi connectivity index (χ0v) is 13.2. The number of halogens is 2. The summed E-state index contributed by atoms with van der Waals surface area (Å²) < 4.78 is 0. The Morgan fingerprint density at radius 2 is 1.64 bits per heavy atom. The van der Waals surface area contributed by atoms with Crippen LogP contribution in [0.4, 0.5) is 0 Å². The summed E-state index contributed by atoms with van der Waals surface area (Å²) in [6.45, 7) is 1.50. The zero-order valence-electron chi connectivity index (χ0n) is 11.7. The van der Waals surface area contributed by atoms with E-state index in [0.717, 1.165) is 24.2 Å². The van der Waals surface area contributed by atoms with E-state index in [-0.39, 0.29) is 41.5 Å². The SMILES string of the molecule is Cl.Oc1ccc(C2CNCC2c2cccc(O)c2Cl)cc1O. The highest BCUT2D eigenvalue weighted by atomic mass is 35.5. The van der Waals surface area contributed by atoms with Crippen LogP contribution in [0.3, 0.4) is 0 Å². The molecule has 0 radical (unpaired) electrons. The number of rotatable bonds is 2. The van der Waals surface area contributed by atoms with Crippen LogP contribution in [0.2, 0.25) is 5.02 Å². The van der Waals surface area contributed by atoms with Crippen LogP contribution in [0.5, 0.6) is 17.2 Å². The van der Waals surface area contributed by atoms with Gasteiger partial charge in [0.1, 0.15) is 5.75 Å². The maximum absolute atomic E-state index is 9.77. The van der Waals surface area contributed by atoms with Gasteiger partial charge in [0, 0.05) is 24.9 Å². The fraction of sp³-hybridized carbons (Fsp3) is 0.250. The van der Waals surface area contributed by atoms with E-state index >= 15 is 0 Å². The second kappa shape index (κ2) is 6.65. The van der Waals surface area contributed by atoms with E-state index in [2.05, 4.69) is 5.32 Å². The van der Waals surface area contributed by atoms with Gasteiger partial charge in [0.2, 0.25) is 0 Å². The van der Waals surface area contributed by atoms with Crippen molar-refractivity contribution >= 4 is 24.0 Å². The van der Waals surface area contributed by atoms with Crippen molar-refractivity contribution in [1.29, 1.82) is 0 Å². The summed E-state index contributed by atoms with van der Waals surface area (Å²) in [4.78, 5) is 0. The van der Waals surface area contributed by atoms with E-state index in [4.69, 9.17) is 11.6 Å². The number of nitrogens with one attached hydrogen (secondary N) is 1. The Bertz CT molecular complexity index is 678. The predicted octanol–water partition coefficient (Wildman–Crippen LogP) is 3.35. The van der Waals surface area contributed by atoms with E-state index in [1.165, 1.54) is 6.07 Å². The molecule has 0 saturated carbocycles. The molecule has 0 amide bonds. The fourth-order valence-electron chi connectivity index (χ4n) is 2.95. The zero-order chi connectivity index (χ0) is 15.0. The Morgan fingerprint density at radius 3 is 2.36 bits per heavy atom. The van der Waals surface area contributed by atoms with Gasteiger partial charge in [-0.15, -0.1) is 12.4 Å². The van der Waals surface area contributed by atoms with Crippen molar-refractivity contribution in [1.82, 2.24) is 5.32 Å². The topological polar surface area (TPSA) is 72.7 Å². The lowest BCUT2D eigenvalue weighted by Gasteiger charge is -2.21. The highest BCUT2D eigenvalue weighted by Gasteiger charge is 2.32. The Hall–Kier alpha value is -1.62. The van der Waals surface area contributed by atoms with Gasteiger partial charge >= 0.3 is 0 Å². The summed E-state index contributed by atoms with van der Waals surface area (Å²) in [5, 5.41) is 32.6. The van der Waals surface area contributed by atoms with Crippen LogP contribution in [0.15, 0.2) is 36.4 Å². The molecule has 1 aliphatic heterocycles. The van der Waals surface area contributed by atoms with Crippen molar-refractivity contribution in [3.8, 4) is 17.2 Å². The van der Waals surface area contributed by atoms with E-state index in [1.54, 1.807) is 24.3 Å². The molecule has 3 rings (SSSR count). The van der Waals surface area contributed by atoms with Gasteiger partial charge in [-0.25, -0.2) is 0 Å². The standard InChI is InChI=1S/C16H16ClNO3.ClH/c17-16-10(2-1-3-14(16)20)12-8-18-7-11(12)9-4-5-13(19)15(21)6-9;/h1-6,11-12,18-21H,7-8H2;1H. The molecule has 4 N–H and O–H groups in total. The summed E-state index contributed by atoms with van der Waals surface area (Å²) in [5.41, 5.74) is 1.82. The molecule has 1 aliphatic rings. The summed E-state index contributed by atoms with van der Waals surface area (Å²) >= 11 is 6.22. The monoisotopic (exact) mass is 341 g/mol. The third kappa shape index (κ3) is 2.95. The van der Waals surface area contributed by atoms with Crippen LogP contribution in [0, 0.1) is 0 Å². The molecule has 1 saturated heterocycles. The van der Waals surface area contributed by atoms with E-state index in [1.807, 2.05) is 6.07 Å². The summed E-state index contributed by atoms with van der Waals surface area (Å²) in [7, 11) is 0. The largest absolute Gasteiger partial charge is 0.506 e. The van der Waals surface area contributed by atoms with Crippen molar-refractivity contribution in [3.05, 3.63) is 52.5 Å². The molecule has 0 bridgehead atoms. The quantitative estimate of drug-likeness (QED) is 0.632. The van der Waals surface area contributed by atoms with Crippen molar-refractivity contribution in [2.75, 3.05) is 13.1 Å². The lowest BCUT2D eigenvalue weighted by Crippen LogP contribution is -2.09. The molecule has 1 heterocycles. The Labute approximate surface area is 139 Å². The number of hydrogen-bond donors (Lipinski definition) is 4. The average Bonchev–Trinajstić information content (AvgIpc) is 2.94. The van der Waals surface area contributed by atoms with Gasteiger partial charge in [0.15, 0.2) is 11.5 Å². The molecule has 1 fully saturated rings. The van der Waals surface area contributed by atoms with E-state index in [0.29, 0.717) is 5.02 Å². The second-order valence-electron chi connectivity index (χ2n) is 5.30. The minimum absolute atomic E-state index is 0. The number of hydrogen-bond acceptors (Lipinski definition) is 4.